The smallest absolute Gasteiger partial charge is 0.352 e. The molecule has 0 saturated carbocycles. The lowest BCUT2D eigenvalue weighted by atomic mass is 10.0. The number of carbonyl (C=O) groups excluding carboxylic acids is 3. The van der Waals surface area contributed by atoms with Crippen LogP contribution in [0.5, 0.6) is 0 Å². The molecule has 2 aliphatic rings. The molecule has 2 amide bonds. The number of allylic oxidation sites excluding steroid dienone is 1. The SMILES string of the molecule is C=CC(=O)c1nnc(SCC2=C(C(=O)O)N3C(=O)C(NC(=O)Cc4cccs4)[C@@H]3SC2)n1C. The molecule has 10 nitrogen and oxygen atoms in total. The summed E-state index contributed by atoms with van der Waals surface area (Å²) >= 11 is 4.09. The number of nitrogens with zero attached hydrogens (tertiary/aromatic N) is 4. The van der Waals surface area contributed by atoms with E-state index >= 15 is 0 Å². The number of aliphatic carboxylic acids is 1. The average molecular weight is 506 g/mol. The summed E-state index contributed by atoms with van der Waals surface area (Å²) < 4.78 is 1.52. The van der Waals surface area contributed by atoms with Gasteiger partial charge >= 0.3 is 5.97 Å². The Morgan fingerprint density at radius 2 is 2.18 bits per heavy atom. The van der Waals surface area contributed by atoms with Gasteiger partial charge in [-0.25, -0.2) is 4.79 Å². The first-order chi connectivity index (χ1) is 15.8. The molecule has 0 spiro atoms. The molecule has 0 radical (unpaired) electrons. The Balaban J connectivity index is 1.45. The van der Waals surface area contributed by atoms with Gasteiger partial charge in [-0.1, -0.05) is 24.4 Å². The molecule has 2 aromatic rings. The molecular weight excluding hydrogens is 486 g/mol. The van der Waals surface area contributed by atoms with E-state index in [0.717, 1.165) is 11.0 Å². The molecular formula is C20H19N5O5S3. The quantitative estimate of drug-likeness (QED) is 0.224. The van der Waals surface area contributed by atoms with Gasteiger partial charge in [0, 0.05) is 23.4 Å². The van der Waals surface area contributed by atoms with Gasteiger partial charge in [0.25, 0.3) is 5.91 Å². The predicted octanol–water partition coefficient (Wildman–Crippen LogP) is 1.32. The second kappa shape index (κ2) is 9.53. The summed E-state index contributed by atoms with van der Waals surface area (Å²) in [6.07, 6.45) is 1.32. The molecule has 33 heavy (non-hydrogen) atoms. The zero-order valence-corrected chi connectivity index (χ0v) is 19.8. The van der Waals surface area contributed by atoms with E-state index in [1.54, 1.807) is 7.05 Å². The van der Waals surface area contributed by atoms with E-state index in [1.807, 2.05) is 17.5 Å². The van der Waals surface area contributed by atoms with Crippen molar-refractivity contribution in [2.75, 3.05) is 11.5 Å². The number of hydrogen-bond donors (Lipinski definition) is 2. The van der Waals surface area contributed by atoms with E-state index in [4.69, 9.17) is 0 Å². The fraction of sp³-hybridized carbons (Fsp3) is 0.300. The lowest BCUT2D eigenvalue weighted by Gasteiger charge is -2.49. The van der Waals surface area contributed by atoms with Gasteiger partial charge in [0.1, 0.15) is 17.1 Å². The Hall–Kier alpha value is -2.90. The maximum atomic E-state index is 12.8. The van der Waals surface area contributed by atoms with Crippen molar-refractivity contribution in [1.82, 2.24) is 25.0 Å². The number of carbonyl (C=O) groups is 4. The van der Waals surface area contributed by atoms with E-state index < -0.39 is 23.3 Å². The number of amides is 2. The highest BCUT2D eigenvalue weighted by atomic mass is 32.2. The number of thioether (sulfide) groups is 2. The molecule has 0 bridgehead atoms. The Morgan fingerprint density at radius 1 is 1.39 bits per heavy atom. The normalized spacial score (nSPS) is 19.7. The maximum Gasteiger partial charge on any atom is 0.352 e. The molecule has 2 aliphatic heterocycles. The van der Waals surface area contributed by atoms with Gasteiger partial charge in [-0.3, -0.25) is 19.3 Å². The van der Waals surface area contributed by atoms with Crippen molar-refractivity contribution in [2.45, 2.75) is 23.0 Å². The topological polar surface area (TPSA) is 134 Å². The highest BCUT2D eigenvalue weighted by Crippen LogP contribution is 2.41. The van der Waals surface area contributed by atoms with Crippen LogP contribution >= 0.6 is 34.9 Å². The fourth-order valence-corrected chi connectivity index (χ4v) is 6.59. The molecule has 172 valence electrons. The number of ketones is 1. The monoisotopic (exact) mass is 505 g/mol. The molecule has 2 N–H and O–H groups in total. The van der Waals surface area contributed by atoms with E-state index in [9.17, 15) is 24.3 Å². The Labute approximate surface area is 201 Å². The van der Waals surface area contributed by atoms with Gasteiger partial charge in [-0.05, 0) is 23.1 Å². The summed E-state index contributed by atoms with van der Waals surface area (Å²) in [5.41, 5.74) is 0.495. The molecule has 1 fully saturated rings. The standard InChI is InChI=1S/C20H19N5O5S3/c1-3-12(26)16-22-23-20(24(16)2)33-9-10-8-32-18-14(17(28)25(18)15(10)19(29)30)21-13(27)7-11-5-4-6-31-11/h3-6,14,18H,1,7-9H2,2H3,(H,21,27)(H,29,30)/t14?,18-/m0/s1. The van der Waals surface area contributed by atoms with Crippen LogP contribution in [0.25, 0.3) is 0 Å². The number of aromatic nitrogens is 3. The molecule has 0 aliphatic carbocycles. The predicted molar refractivity (Wildman–Crippen MR) is 124 cm³/mol. The molecule has 0 aromatic carbocycles. The zero-order valence-electron chi connectivity index (χ0n) is 17.4. The molecule has 4 heterocycles. The van der Waals surface area contributed by atoms with Crippen LogP contribution in [0, 0.1) is 0 Å². The van der Waals surface area contributed by atoms with Crippen LogP contribution < -0.4 is 5.32 Å². The summed E-state index contributed by atoms with van der Waals surface area (Å²) in [5, 5.41) is 22.2. The van der Waals surface area contributed by atoms with Crippen molar-refractivity contribution < 1.29 is 24.3 Å². The Kier molecular flexibility index (Phi) is 6.72. The largest absolute Gasteiger partial charge is 0.477 e. The molecule has 4 rings (SSSR count). The first kappa shape index (κ1) is 23.3. The van der Waals surface area contributed by atoms with Gasteiger partial charge in [0.15, 0.2) is 5.16 Å². The summed E-state index contributed by atoms with van der Waals surface area (Å²) in [5.74, 6) is -1.50. The van der Waals surface area contributed by atoms with Gasteiger partial charge in [0.05, 0.1) is 6.42 Å². The maximum absolute atomic E-state index is 12.8. The van der Waals surface area contributed by atoms with Gasteiger partial charge < -0.3 is 15.0 Å². The molecule has 1 unspecified atom stereocenters. The fourth-order valence-electron chi connectivity index (χ4n) is 3.49. The van der Waals surface area contributed by atoms with E-state index in [1.165, 1.54) is 44.3 Å². The summed E-state index contributed by atoms with van der Waals surface area (Å²) in [6.45, 7) is 3.43. The third-order valence-corrected chi connectivity index (χ3v) is 8.42. The van der Waals surface area contributed by atoms with Crippen LogP contribution in [0.15, 0.2) is 46.6 Å². The summed E-state index contributed by atoms with van der Waals surface area (Å²) in [6, 6.07) is 2.94. The van der Waals surface area contributed by atoms with Gasteiger partial charge in [0.2, 0.25) is 17.5 Å². The second-order valence-corrected chi connectivity index (χ2v) is 10.3. The first-order valence-corrected chi connectivity index (χ1v) is 12.6. The number of carboxylic acids is 1. The van der Waals surface area contributed by atoms with Crippen molar-refractivity contribution in [2.24, 2.45) is 7.05 Å². The molecule has 2 aromatic heterocycles. The number of fused-ring (bicyclic) bond motifs is 1. The lowest BCUT2D eigenvalue weighted by Crippen LogP contribution is -2.70. The molecule has 2 atom stereocenters. The van der Waals surface area contributed by atoms with E-state index in [2.05, 4.69) is 22.1 Å². The van der Waals surface area contributed by atoms with Crippen LogP contribution in [-0.4, -0.2) is 71.3 Å². The average Bonchev–Trinajstić information content (AvgIpc) is 3.44. The molecule has 13 heteroatoms. The number of β-lactam (4-membered cyclic amide) rings is 1. The number of nitrogens with one attached hydrogen (secondary N) is 1. The van der Waals surface area contributed by atoms with Gasteiger partial charge in [-0.15, -0.1) is 33.3 Å². The third kappa shape index (κ3) is 4.48. The summed E-state index contributed by atoms with van der Waals surface area (Å²) in [4.78, 5) is 51.0. The zero-order chi connectivity index (χ0) is 23.7. The highest BCUT2D eigenvalue weighted by molar-refractivity contribution is 8.01. The number of thiophene rings is 1. The highest BCUT2D eigenvalue weighted by Gasteiger charge is 2.54. The van der Waals surface area contributed by atoms with Crippen molar-refractivity contribution >= 4 is 58.4 Å². The van der Waals surface area contributed by atoms with Crippen LogP contribution in [0.4, 0.5) is 0 Å². The number of carboxylic acid groups (broad SMARTS) is 1. The van der Waals surface area contributed by atoms with Crippen molar-refractivity contribution in [1.29, 1.82) is 0 Å². The molecule has 1 saturated heterocycles. The minimum Gasteiger partial charge on any atom is -0.477 e. The van der Waals surface area contributed by atoms with Crippen LogP contribution in [0.3, 0.4) is 0 Å². The van der Waals surface area contributed by atoms with E-state index in [-0.39, 0.29) is 35.4 Å². The first-order valence-electron chi connectivity index (χ1n) is 9.72. The van der Waals surface area contributed by atoms with E-state index in [0.29, 0.717) is 16.5 Å². The Morgan fingerprint density at radius 3 is 2.85 bits per heavy atom. The lowest BCUT2D eigenvalue weighted by molar-refractivity contribution is -0.150. The minimum absolute atomic E-state index is 0.0652. The van der Waals surface area contributed by atoms with Crippen molar-refractivity contribution in [3.63, 3.8) is 0 Å². The minimum atomic E-state index is -1.20. The Bertz CT molecular complexity index is 1170. The van der Waals surface area contributed by atoms with Crippen molar-refractivity contribution in [3.05, 3.63) is 52.1 Å². The second-order valence-electron chi connectivity index (χ2n) is 7.19. The van der Waals surface area contributed by atoms with Crippen LogP contribution in [-0.2, 0) is 27.9 Å². The number of rotatable bonds is 9. The van der Waals surface area contributed by atoms with Crippen LogP contribution in [0.1, 0.15) is 15.5 Å². The third-order valence-electron chi connectivity index (χ3n) is 5.10. The van der Waals surface area contributed by atoms with Gasteiger partial charge in [-0.2, -0.15) is 0 Å². The summed E-state index contributed by atoms with van der Waals surface area (Å²) in [7, 11) is 1.64. The van der Waals surface area contributed by atoms with Crippen LogP contribution in [0.2, 0.25) is 0 Å². The van der Waals surface area contributed by atoms with Crippen molar-refractivity contribution in [3.8, 4) is 0 Å². The number of hydrogen-bond acceptors (Lipinski definition) is 9.